The first-order chi connectivity index (χ1) is 12.4. The Hall–Kier alpha value is -2.57. The monoisotopic (exact) mass is 359 g/mol. The van der Waals surface area contributed by atoms with Gasteiger partial charge in [-0.05, 0) is 31.9 Å². The van der Waals surface area contributed by atoms with Gasteiger partial charge in [-0.2, -0.15) is 0 Å². The summed E-state index contributed by atoms with van der Waals surface area (Å²) in [6, 6.07) is 6.56. The Balaban J connectivity index is 1.67. The number of carbonyl (C=O) groups excluding carboxylic acids is 2. The van der Waals surface area contributed by atoms with Crippen LogP contribution in [0.5, 0.6) is 0 Å². The van der Waals surface area contributed by atoms with Crippen LogP contribution in [-0.4, -0.2) is 40.4 Å². The summed E-state index contributed by atoms with van der Waals surface area (Å²) in [5, 5.41) is 3.02. The number of nitrogens with zero attached hydrogens (tertiary/aromatic N) is 2. The van der Waals surface area contributed by atoms with Crippen LogP contribution in [0.1, 0.15) is 39.7 Å². The van der Waals surface area contributed by atoms with Crippen molar-refractivity contribution in [3.05, 3.63) is 34.8 Å². The van der Waals surface area contributed by atoms with E-state index >= 15 is 0 Å². The van der Waals surface area contributed by atoms with Gasteiger partial charge < -0.3 is 14.6 Å². The molecule has 1 unspecified atom stereocenters. The second kappa shape index (κ2) is 7.35. The van der Waals surface area contributed by atoms with Crippen molar-refractivity contribution in [3.63, 3.8) is 0 Å². The Morgan fingerprint density at radius 2 is 1.81 bits per heavy atom. The molecule has 0 aliphatic carbocycles. The molecular formula is C19H25N3O4. The zero-order valence-corrected chi connectivity index (χ0v) is 15.4. The summed E-state index contributed by atoms with van der Waals surface area (Å²) < 4.78 is 6.64. The van der Waals surface area contributed by atoms with Gasteiger partial charge in [0.05, 0.1) is 5.52 Å². The van der Waals surface area contributed by atoms with Gasteiger partial charge in [-0.25, -0.2) is 4.79 Å². The number of nitrogens with one attached hydrogen (secondary N) is 1. The summed E-state index contributed by atoms with van der Waals surface area (Å²) >= 11 is 0. The fourth-order valence-electron chi connectivity index (χ4n) is 3.34. The summed E-state index contributed by atoms with van der Waals surface area (Å²) in [5.74, 6) is -0.631. The Morgan fingerprint density at radius 3 is 2.46 bits per heavy atom. The molecule has 7 nitrogen and oxygen atoms in total. The Kier molecular flexibility index (Phi) is 5.15. The Labute approximate surface area is 152 Å². The van der Waals surface area contributed by atoms with Crippen LogP contribution in [0.15, 0.2) is 33.5 Å². The summed E-state index contributed by atoms with van der Waals surface area (Å²) in [6.45, 7) is 6.58. The van der Waals surface area contributed by atoms with Crippen LogP contribution >= 0.6 is 0 Å². The van der Waals surface area contributed by atoms with E-state index in [1.807, 2.05) is 19.9 Å². The van der Waals surface area contributed by atoms with Crippen molar-refractivity contribution in [1.82, 2.24) is 14.8 Å². The molecule has 1 aromatic heterocycles. The highest BCUT2D eigenvalue weighted by Crippen LogP contribution is 2.20. The van der Waals surface area contributed by atoms with Gasteiger partial charge in [0.25, 0.3) is 0 Å². The quantitative estimate of drug-likeness (QED) is 0.904. The molecule has 2 amide bonds. The lowest BCUT2D eigenvalue weighted by molar-refractivity contribution is -0.135. The number of oxazole rings is 1. The molecular weight excluding hydrogens is 334 g/mol. The van der Waals surface area contributed by atoms with E-state index < -0.39 is 11.8 Å². The van der Waals surface area contributed by atoms with Gasteiger partial charge in [-0.3, -0.25) is 14.2 Å². The number of hydrogen-bond donors (Lipinski definition) is 1. The summed E-state index contributed by atoms with van der Waals surface area (Å²) in [6.07, 6.45) is 1.44. The maximum absolute atomic E-state index is 12.9. The minimum atomic E-state index is -0.632. The van der Waals surface area contributed by atoms with Crippen molar-refractivity contribution in [1.29, 1.82) is 0 Å². The third-order valence-electron chi connectivity index (χ3n) is 4.94. The first kappa shape index (κ1) is 18.2. The van der Waals surface area contributed by atoms with Crippen LogP contribution in [0.4, 0.5) is 0 Å². The van der Waals surface area contributed by atoms with Gasteiger partial charge >= 0.3 is 5.76 Å². The van der Waals surface area contributed by atoms with E-state index in [9.17, 15) is 14.4 Å². The third-order valence-corrected chi connectivity index (χ3v) is 4.94. The number of fused-ring (bicyclic) bond motifs is 1. The number of aromatic nitrogens is 1. The highest BCUT2D eigenvalue weighted by atomic mass is 16.4. The van der Waals surface area contributed by atoms with E-state index in [1.165, 1.54) is 4.57 Å². The van der Waals surface area contributed by atoms with E-state index in [4.69, 9.17) is 4.42 Å². The fraction of sp³-hybridized carbons (Fsp3) is 0.526. The van der Waals surface area contributed by atoms with Crippen LogP contribution < -0.4 is 11.1 Å². The largest absolute Gasteiger partial charge is 0.420 e. The highest BCUT2D eigenvalue weighted by Gasteiger charge is 2.29. The molecule has 3 rings (SSSR count). The lowest BCUT2D eigenvalue weighted by Gasteiger charge is -2.34. The maximum atomic E-state index is 12.9. The standard InChI is InChI=1S/C19H25N3O4/c1-12(2)17(23)20-14-8-10-21(11-9-14)18(24)13(3)22-15-6-4-5-7-16(15)26-19(22)25/h4-7,12-14H,8-11H2,1-3H3,(H,20,23). The number of carbonyl (C=O) groups is 2. The molecule has 140 valence electrons. The molecule has 1 fully saturated rings. The molecule has 0 radical (unpaired) electrons. The molecule has 0 saturated carbocycles. The molecule has 0 spiro atoms. The molecule has 1 aliphatic rings. The predicted octanol–water partition coefficient (Wildman–Crippen LogP) is 1.92. The highest BCUT2D eigenvalue weighted by molar-refractivity contribution is 5.83. The Morgan fingerprint density at radius 1 is 1.15 bits per heavy atom. The van der Waals surface area contributed by atoms with Crippen molar-refractivity contribution in [2.75, 3.05) is 13.1 Å². The average molecular weight is 359 g/mol. The molecule has 26 heavy (non-hydrogen) atoms. The number of piperidine rings is 1. The second-order valence-corrected chi connectivity index (χ2v) is 7.14. The molecule has 2 aromatic rings. The zero-order chi connectivity index (χ0) is 18.8. The number of rotatable bonds is 4. The normalized spacial score (nSPS) is 16.8. The third kappa shape index (κ3) is 3.52. The lowest BCUT2D eigenvalue weighted by atomic mass is 10.0. The summed E-state index contributed by atoms with van der Waals surface area (Å²) in [7, 11) is 0. The first-order valence-electron chi connectivity index (χ1n) is 9.07. The van der Waals surface area contributed by atoms with Gasteiger partial charge in [-0.15, -0.1) is 0 Å². The van der Waals surface area contributed by atoms with Crippen molar-refractivity contribution >= 4 is 22.9 Å². The molecule has 1 aliphatic heterocycles. The molecule has 1 N–H and O–H groups in total. The number of likely N-dealkylation sites (tertiary alicyclic amines) is 1. The van der Waals surface area contributed by atoms with Crippen LogP contribution in [-0.2, 0) is 9.59 Å². The van der Waals surface area contributed by atoms with Gasteiger partial charge in [0.1, 0.15) is 6.04 Å². The van der Waals surface area contributed by atoms with Crippen LogP contribution in [0.3, 0.4) is 0 Å². The van der Waals surface area contributed by atoms with Crippen LogP contribution in [0.2, 0.25) is 0 Å². The average Bonchev–Trinajstić information content (AvgIpc) is 2.96. The van der Waals surface area contributed by atoms with Gasteiger partial charge in [0, 0.05) is 25.0 Å². The molecule has 2 heterocycles. The summed E-state index contributed by atoms with van der Waals surface area (Å²) in [4.78, 5) is 38.6. The fourth-order valence-corrected chi connectivity index (χ4v) is 3.34. The number of hydrogen-bond acceptors (Lipinski definition) is 4. The minimum absolute atomic E-state index is 0.0413. The van der Waals surface area contributed by atoms with Crippen molar-refractivity contribution in [2.45, 2.75) is 45.7 Å². The Bertz CT molecular complexity index is 859. The van der Waals surface area contributed by atoms with E-state index in [2.05, 4.69) is 5.32 Å². The van der Waals surface area contributed by atoms with Crippen LogP contribution in [0, 0.1) is 5.92 Å². The SMILES string of the molecule is CC(C)C(=O)NC1CCN(C(=O)C(C)n2c(=O)oc3ccccc32)CC1. The van der Waals surface area contributed by atoms with Crippen molar-refractivity contribution < 1.29 is 14.0 Å². The van der Waals surface area contributed by atoms with E-state index in [-0.39, 0.29) is 23.8 Å². The van der Waals surface area contributed by atoms with E-state index in [0.29, 0.717) is 24.2 Å². The molecule has 7 heteroatoms. The molecule has 0 bridgehead atoms. The second-order valence-electron chi connectivity index (χ2n) is 7.14. The minimum Gasteiger partial charge on any atom is -0.408 e. The zero-order valence-electron chi connectivity index (χ0n) is 15.4. The van der Waals surface area contributed by atoms with Crippen molar-refractivity contribution in [3.8, 4) is 0 Å². The van der Waals surface area contributed by atoms with E-state index in [1.54, 1.807) is 30.0 Å². The van der Waals surface area contributed by atoms with E-state index in [0.717, 1.165) is 12.8 Å². The smallest absolute Gasteiger partial charge is 0.408 e. The van der Waals surface area contributed by atoms with Crippen molar-refractivity contribution in [2.24, 2.45) is 5.92 Å². The predicted molar refractivity (Wildman–Crippen MR) is 97.8 cm³/mol. The molecule has 1 saturated heterocycles. The molecule has 1 aromatic carbocycles. The maximum Gasteiger partial charge on any atom is 0.420 e. The molecule has 1 atom stereocenters. The lowest BCUT2D eigenvalue weighted by Crippen LogP contribution is -2.49. The topological polar surface area (TPSA) is 84.5 Å². The number of para-hydroxylation sites is 2. The van der Waals surface area contributed by atoms with Gasteiger partial charge in [-0.1, -0.05) is 26.0 Å². The first-order valence-corrected chi connectivity index (χ1v) is 9.07. The van der Waals surface area contributed by atoms with Crippen LogP contribution in [0.25, 0.3) is 11.1 Å². The van der Waals surface area contributed by atoms with Gasteiger partial charge in [0.15, 0.2) is 5.58 Å². The summed E-state index contributed by atoms with van der Waals surface area (Å²) in [5.41, 5.74) is 1.10. The number of benzene rings is 1. The van der Waals surface area contributed by atoms with Gasteiger partial charge in [0.2, 0.25) is 11.8 Å². The number of amides is 2.